The first-order valence-corrected chi connectivity index (χ1v) is 8.65. The number of aromatic hydroxyl groups is 1. The largest absolute Gasteiger partial charge is 0.508 e. The summed E-state index contributed by atoms with van der Waals surface area (Å²) in [6.45, 7) is 4.87. The van der Waals surface area contributed by atoms with Crippen molar-refractivity contribution >= 4 is 5.91 Å². The molecule has 126 valence electrons. The maximum Gasteiger partial charge on any atom is 0.220 e. The van der Waals surface area contributed by atoms with E-state index in [2.05, 4.69) is 19.2 Å². The third kappa shape index (κ3) is 4.47. The number of benzene rings is 1. The van der Waals surface area contributed by atoms with Gasteiger partial charge in [-0.05, 0) is 69.1 Å². The molecule has 0 unspecified atom stereocenters. The second-order valence-electron chi connectivity index (χ2n) is 7.60. The van der Waals surface area contributed by atoms with E-state index in [-0.39, 0.29) is 29.2 Å². The van der Waals surface area contributed by atoms with Gasteiger partial charge in [0.25, 0.3) is 0 Å². The zero-order valence-electron chi connectivity index (χ0n) is 14.0. The van der Waals surface area contributed by atoms with Gasteiger partial charge in [-0.1, -0.05) is 12.1 Å². The van der Waals surface area contributed by atoms with Crippen molar-refractivity contribution in [2.75, 3.05) is 6.61 Å². The molecule has 1 heterocycles. The smallest absolute Gasteiger partial charge is 0.220 e. The normalized spacial score (nSPS) is 24.9. The fourth-order valence-corrected chi connectivity index (χ4v) is 3.62. The van der Waals surface area contributed by atoms with E-state index in [1.807, 2.05) is 12.1 Å². The minimum atomic E-state index is -0.150. The third-order valence-corrected chi connectivity index (χ3v) is 4.98. The van der Waals surface area contributed by atoms with Gasteiger partial charge in [-0.3, -0.25) is 4.79 Å². The Hall–Kier alpha value is -1.55. The zero-order valence-corrected chi connectivity index (χ0v) is 14.0. The first-order valence-electron chi connectivity index (χ1n) is 8.65. The Morgan fingerprint density at radius 2 is 2.00 bits per heavy atom. The molecule has 2 fully saturated rings. The predicted molar refractivity (Wildman–Crippen MR) is 89.4 cm³/mol. The first kappa shape index (κ1) is 16.3. The van der Waals surface area contributed by atoms with Crippen LogP contribution in [0.3, 0.4) is 0 Å². The Balaban J connectivity index is 1.59. The number of rotatable bonds is 5. The molecule has 4 heteroatoms. The molecule has 0 spiro atoms. The van der Waals surface area contributed by atoms with Gasteiger partial charge in [0.05, 0.1) is 5.60 Å². The average Bonchev–Trinajstić information content (AvgIpc) is 3.29. The summed E-state index contributed by atoms with van der Waals surface area (Å²) in [6.07, 6.45) is 4.69. The Labute approximate surface area is 138 Å². The molecule has 2 atom stereocenters. The molecule has 1 amide bonds. The van der Waals surface area contributed by atoms with Crippen LogP contribution in [0.25, 0.3) is 0 Å². The van der Waals surface area contributed by atoms with Crippen LogP contribution in [-0.2, 0) is 9.53 Å². The lowest BCUT2D eigenvalue weighted by molar-refractivity contribution is -0.124. The molecular formula is C19H27NO3. The summed E-state index contributed by atoms with van der Waals surface area (Å²) in [5, 5.41) is 12.6. The third-order valence-electron chi connectivity index (χ3n) is 4.98. The Kier molecular flexibility index (Phi) is 4.62. The molecule has 1 aliphatic carbocycles. The van der Waals surface area contributed by atoms with E-state index in [0.29, 0.717) is 18.9 Å². The van der Waals surface area contributed by atoms with Gasteiger partial charge < -0.3 is 15.2 Å². The van der Waals surface area contributed by atoms with Crippen LogP contribution in [0.15, 0.2) is 24.3 Å². The summed E-state index contributed by atoms with van der Waals surface area (Å²) >= 11 is 0. The average molecular weight is 317 g/mol. The van der Waals surface area contributed by atoms with Crippen LogP contribution in [0.4, 0.5) is 0 Å². The van der Waals surface area contributed by atoms with Crippen molar-refractivity contribution in [3.8, 4) is 5.75 Å². The summed E-state index contributed by atoms with van der Waals surface area (Å²) in [5.74, 6) is 1.29. The number of hydrogen-bond acceptors (Lipinski definition) is 3. The second kappa shape index (κ2) is 6.52. The van der Waals surface area contributed by atoms with E-state index < -0.39 is 0 Å². The highest BCUT2D eigenvalue weighted by Gasteiger charge is 2.35. The number of hydrogen-bond donors (Lipinski definition) is 2. The minimum absolute atomic E-state index is 0.137. The molecule has 1 saturated carbocycles. The summed E-state index contributed by atoms with van der Waals surface area (Å²) in [7, 11) is 0. The highest BCUT2D eigenvalue weighted by atomic mass is 16.5. The Bertz CT molecular complexity index is 548. The maximum absolute atomic E-state index is 12.5. The Morgan fingerprint density at radius 1 is 1.30 bits per heavy atom. The quantitative estimate of drug-likeness (QED) is 0.875. The van der Waals surface area contributed by atoms with Crippen molar-refractivity contribution in [1.29, 1.82) is 0 Å². The molecule has 23 heavy (non-hydrogen) atoms. The maximum atomic E-state index is 12.5. The van der Waals surface area contributed by atoms with Crippen LogP contribution in [0.2, 0.25) is 0 Å². The standard InChI is InChI=1S/C19H27NO3/c1-19(2)12-15(9-10-23-19)20-18(22)11-17(13-3-4-13)14-5-7-16(21)8-6-14/h5-8,13,15,17,21H,3-4,9-12H2,1-2H3,(H,20,22)/t15-,17+/m1/s1. The summed E-state index contributed by atoms with van der Waals surface area (Å²) in [5.41, 5.74) is 1.01. The second-order valence-corrected chi connectivity index (χ2v) is 7.60. The van der Waals surface area contributed by atoms with Gasteiger partial charge in [0, 0.05) is 19.1 Å². The number of phenols is 1. The number of ether oxygens (including phenoxy) is 1. The first-order chi connectivity index (χ1) is 10.9. The van der Waals surface area contributed by atoms with Crippen molar-refractivity contribution in [2.24, 2.45) is 5.92 Å². The zero-order chi connectivity index (χ0) is 16.4. The lowest BCUT2D eigenvalue weighted by atomic mass is 9.89. The van der Waals surface area contributed by atoms with E-state index in [9.17, 15) is 9.90 Å². The van der Waals surface area contributed by atoms with Gasteiger partial charge in [0.2, 0.25) is 5.91 Å². The van der Waals surface area contributed by atoms with E-state index in [4.69, 9.17) is 4.74 Å². The lowest BCUT2D eigenvalue weighted by Gasteiger charge is -2.36. The highest BCUT2D eigenvalue weighted by molar-refractivity contribution is 5.77. The number of phenolic OH excluding ortho intramolecular Hbond substituents is 1. The number of carbonyl (C=O) groups excluding carboxylic acids is 1. The van der Waals surface area contributed by atoms with Gasteiger partial charge in [0.1, 0.15) is 5.75 Å². The molecular weight excluding hydrogens is 290 g/mol. The van der Waals surface area contributed by atoms with E-state index in [1.54, 1.807) is 12.1 Å². The fourth-order valence-electron chi connectivity index (χ4n) is 3.62. The molecule has 3 rings (SSSR count). The van der Waals surface area contributed by atoms with Gasteiger partial charge in [-0.25, -0.2) is 0 Å². The molecule has 1 aromatic rings. The fraction of sp³-hybridized carbons (Fsp3) is 0.632. The molecule has 4 nitrogen and oxygen atoms in total. The van der Waals surface area contributed by atoms with Crippen molar-refractivity contribution in [3.05, 3.63) is 29.8 Å². The summed E-state index contributed by atoms with van der Waals surface area (Å²) in [6, 6.07) is 7.53. The number of nitrogens with one attached hydrogen (secondary N) is 1. The number of carbonyl (C=O) groups is 1. The van der Waals surface area contributed by atoms with Crippen LogP contribution in [0, 0.1) is 5.92 Å². The van der Waals surface area contributed by atoms with Crippen LogP contribution in [-0.4, -0.2) is 29.3 Å². The SMILES string of the molecule is CC1(C)C[C@H](NC(=O)C[C@H](c2ccc(O)cc2)C2CC2)CCO1. The molecule has 0 radical (unpaired) electrons. The van der Waals surface area contributed by atoms with E-state index in [0.717, 1.165) is 18.4 Å². The summed E-state index contributed by atoms with van der Waals surface area (Å²) in [4.78, 5) is 12.5. The van der Waals surface area contributed by atoms with Gasteiger partial charge in [-0.2, -0.15) is 0 Å². The van der Waals surface area contributed by atoms with Crippen LogP contribution in [0.5, 0.6) is 5.75 Å². The molecule has 2 N–H and O–H groups in total. The molecule has 2 aliphatic rings. The summed E-state index contributed by atoms with van der Waals surface area (Å²) < 4.78 is 5.71. The monoisotopic (exact) mass is 317 g/mol. The van der Waals surface area contributed by atoms with Gasteiger partial charge in [0.15, 0.2) is 0 Å². The molecule has 1 saturated heterocycles. The van der Waals surface area contributed by atoms with Crippen molar-refractivity contribution in [1.82, 2.24) is 5.32 Å². The number of amides is 1. The molecule has 1 aliphatic heterocycles. The molecule has 1 aromatic carbocycles. The highest BCUT2D eigenvalue weighted by Crippen LogP contribution is 2.44. The van der Waals surface area contributed by atoms with E-state index >= 15 is 0 Å². The van der Waals surface area contributed by atoms with Crippen molar-refractivity contribution in [2.45, 2.75) is 63.5 Å². The van der Waals surface area contributed by atoms with Gasteiger partial charge in [-0.15, -0.1) is 0 Å². The van der Waals surface area contributed by atoms with Crippen molar-refractivity contribution < 1.29 is 14.6 Å². The van der Waals surface area contributed by atoms with Crippen LogP contribution < -0.4 is 5.32 Å². The topological polar surface area (TPSA) is 58.6 Å². The minimum Gasteiger partial charge on any atom is -0.508 e. The molecule has 0 aromatic heterocycles. The Morgan fingerprint density at radius 3 is 2.61 bits per heavy atom. The predicted octanol–water partition coefficient (Wildman–Crippen LogP) is 3.35. The van der Waals surface area contributed by atoms with Crippen LogP contribution in [0.1, 0.15) is 57.4 Å². The lowest BCUT2D eigenvalue weighted by Crippen LogP contribution is -2.46. The van der Waals surface area contributed by atoms with Crippen molar-refractivity contribution in [3.63, 3.8) is 0 Å². The van der Waals surface area contributed by atoms with E-state index in [1.165, 1.54) is 12.8 Å². The molecule has 0 bridgehead atoms. The van der Waals surface area contributed by atoms with Gasteiger partial charge >= 0.3 is 0 Å². The van der Waals surface area contributed by atoms with Crippen LogP contribution >= 0.6 is 0 Å².